The Morgan fingerprint density at radius 2 is 2.20 bits per heavy atom. The Kier molecular flexibility index (Phi) is 4.05. The predicted octanol–water partition coefficient (Wildman–Crippen LogP) is 2.18. The predicted molar refractivity (Wildman–Crippen MR) is 92.6 cm³/mol. The first kappa shape index (κ1) is 15.6. The molecule has 0 bridgehead atoms. The summed E-state index contributed by atoms with van der Waals surface area (Å²) in [6, 6.07) is 9.99. The van der Waals surface area contributed by atoms with Crippen molar-refractivity contribution in [1.82, 2.24) is 30.1 Å². The number of nitrogens with zero attached hydrogens (tertiary/aromatic N) is 5. The highest BCUT2D eigenvalue weighted by molar-refractivity contribution is 5.92. The molecule has 1 fully saturated rings. The number of benzene rings is 1. The summed E-state index contributed by atoms with van der Waals surface area (Å²) in [5.41, 5.74) is 3.60. The van der Waals surface area contributed by atoms with Gasteiger partial charge in [0.05, 0.1) is 11.9 Å². The highest BCUT2D eigenvalue weighted by atomic mass is 16.2. The summed E-state index contributed by atoms with van der Waals surface area (Å²) < 4.78 is 1.69. The number of para-hydroxylation sites is 1. The Balaban J connectivity index is 1.51. The van der Waals surface area contributed by atoms with Gasteiger partial charge >= 0.3 is 0 Å². The van der Waals surface area contributed by atoms with Crippen molar-refractivity contribution < 1.29 is 4.79 Å². The van der Waals surface area contributed by atoms with Crippen LogP contribution in [-0.2, 0) is 6.42 Å². The molecule has 1 aromatic carbocycles. The van der Waals surface area contributed by atoms with Crippen LogP contribution in [-0.4, -0.2) is 49.1 Å². The number of amides is 1. The van der Waals surface area contributed by atoms with Gasteiger partial charge in [0, 0.05) is 30.9 Å². The monoisotopic (exact) mass is 336 g/mol. The molecule has 0 saturated carbocycles. The van der Waals surface area contributed by atoms with E-state index in [1.807, 2.05) is 29.2 Å². The largest absolute Gasteiger partial charge is 0.337 e. The molecule has 1 N–H and O–H groups in total. The van der Waals surface area contributed by atoms with E-state index in [0.717, 1.165) is 30.8 Å². The number of hydrogen-bond acceptors (Lipinski definition) is 4. The van der Waals surface area contributed by atoms with Gasteiger partial charge in [-0.25, -0.2) is 4.68 Å². The Morgan fingerprint density at radius 1 is 1.32 bits per heavy atom. The van der Waals surface area contributed by atoms with Crippen molar-refractivity contribution in [2.45, 2.75) is 25.7 Å². The fourth-order valence-electron chi connectivity index (χ4n) is 3.37. The lowest BCUT2D eigenvalue weighted by Crippen LogP contribution is -2.28. The van der Waals surface area contributed by atoms with Gasteiger partial charge in [0.25, 0.3) is 5.91 Å². The molecule has 7 heteroatoms. The van der Waals surface area contributed by atoms with Crippen LogP contribution in [0.3, 0.4) is 0 Å². The Bertz CT molecular complexity index is 869. The lowest BCUT2D eigenvalue weighted by atomic mass is 10.1. The van der Waals surface area contributed by atoms with Gasteiger partial charge in [-0.05, 0) is 30.5 Å². The van der Waals surface area contributed by atoms with E-state index >= 15 is 0 Å². The minimum absolute atomic E-state index is 0.0674. The van der Waals surface area contributed by atoms with Crippen molar-refractivity contribution in [1.29, 1.82) is 0 Å². The van der Waals surface area contributed by atoms with Gasteiger partial charge in [-0.1, -0.05) is 30.3 Å². The van der Waals surface area contributed by atoms with Gasteiger partial charge in [0.1, 0.15) is 0 Å². The zero-order chi connectivity index (χ0) is 17.2. The first-order valence-corrected chi connectivity index (χ1v) is 8.55. The van der Waals surface area contributed by atoms with Crippen LogP contribution in [0.1, 0.15) is 41.0 Å². The maximum absolute atomic E-state index is 12.7. The molecule has 4 rings (SSSR count). The molecule has 1 aliphatic rings. The highest BCUT2D eigenvalue weighted by Crippen LogP contribution is 2.26. The third-order valence-electron chi connectivity index (χ3n) is 4.77. The van der Waals surface area contributed by atoms with E-state index in [-0.39, 0.29) is 5.91 Å². The van der Waals surface area contributed by atoms with Crippen molar-refractivity contribution in [3.63, 3.8) is 0 Å². The number of hydrogen-bond donors (Lipinski definition) is 1. The molecule has 25 heavy (non-hydrogen) atoms. The second-order valence-corrected chi connectivity index (χ2v) is 6.28. The molecular weight excluding hydrogens is 316 g/mol. The first-order chi connectivity index (χ1) is 12.3. The van der Waals surface area contributed by atoms with Crippen LogP contribution < -0.4 is 0 Å². The van der Waals surface area contributed by atoms with Crippen LogP contribution in [0.25, 0.3) is 5.69 Å². The van der Waals surface area contributed by atoms with E-state index < -0.39 is 0 Å². The normalized spacial score (nSPS) is 17.2. The Morgan fingerprint density at radius 3 is 3.00 bits per heavy atom. The number of aryl methyl sites for hydroxylation is 1. The number of H-pyrrole nitrogens is 1. The van der Waals surface area contributed by atoms with E-state index in [4.69, 9.17) is 0 Å². The number of rotatable bonds is 4. The summed E-state index contributed by atoms with van der Waals surface area (Å²) >= 11 is 0. The van der Waals surface area contributed by atoms with E-state index in [1.54, 1.807) is 17.1 Å². The SMILES string of the molecule is CCc1ccccc1-n1cc(C(=O)N2CCC(c3ccn[nH]3)C2)nn1. The molecule has 1 saturated heterocycles. The average molecular weight is 336 g/mol. The maximum atomic E-state index is 12.7. The van der Waals surface area contributed by atoms with Gasteiger partial charge < -0.3 is 4.90 Å². The van der Waals surface area contributed by atoms with Crippen LogP contribution in [0.2, 0.25) is 0 Å². The number of carbonyl (C=O) groups excluding carboxylic acids is 1. The number of aromatic amines is 1. The van der Waals surface area contributed by atoms with Gasteiger partial charge in [-0.2, -0.15) is 5.10 Å². The number of carbonyl (C=O) groups is 1. The van der Waals surface area contributed by atoms with Crippen molar-refractivity contribution in [2.24, 2.45) is 0 Å². The average Bonchev–Trinajstić information content (AvgIpc) is 3.41. The molecule has 1 amide bonds. The van der Waals surface area contributed by atoms with E-state index in [1.165, 1.54) is 5.56 Å². The zero-order valence-electron chi connectivity index (χ0n) is 14.1. The van der Waals surface area contributed by atoms with E-state index in [0.29, 0.717) is 18.2 Å². The van der Waals surface area contributed by atoms with Crippen LogP contribution in [0.15, 0.2) is 42.7 Å². The molecule has 1 aliphatic heterocycles. The third kappa shape index (κ3) is 2.93. The minimum Gasteiger partial charge on any atom is -0.337 e. The molecular formula is C18H20N6O. The van der Waals surface area contributed by atoms with Gasteiger partial charge in [-0.15, -0.1) is 5.10 Å². The second kappa shape index (κ2) is 6.51. The highest BCUT2D eigenvalue weighted by Gasteiger charge is 2.30. The van der Waals surface area contributed by atoms with Crippen LogP contribution in [0.5, 0.6) is 0 Å². The lowest BCUT2D eigenvalue weighted by Gasteiger charge is -2.14. The minimum atomic E-state index is -0.0674. The summed E-state index contributed by atoms with van der Waals surface area (Å²) in [6.45, 7) is 3.50. The third-order valence-corrected chi connectivity index (χ3v) is 4.77. The zero-order valence-corrected chi connectivity index (χ0v) is 14.1. The van der Waals surface area contributed by atoms with Gasteiger partial charge in [0.2, 0.25) is 0 Å². The van der Waals surface area contributed by atoms with Crippen LogP contribution in [0, 0.1) is 0 Å². The lowest BCUT2D eigenvalue weighted by molar-refractivity contribution is 0.0785. The van der Waals surface area contributed by atoms with Crippen LogP contribution in [0.4, 0.5) is 0 Å². The van der Waals surface area contributed by atoms with Crippen LogP contribution >= 0.6 is 0 Å². The maximum Gasteiger partial charge on any atom is 0.276 e. The molecule has 3 heterocycles. The topological polar surface area (TPSA) is 79.7 Å². The Hall–Kier alpha value is -2.96. The summed E-state index contributed by atoms with van der Waals surface area (Å²) in [5, 5.41) is 15.3. The fraction of sp³-hybridized carbons (Fsp3) is 0.333. The molecule has 2 aromatic heterocycles. The van der Waals surface area contributed by atoms with Gasteiger partial charge in [-0.3, -0.25) is 9.89 Å². The molecule has 1 atom stereocenters. The quantitative estimate of drug-likeness (QED) is 0.792. The summed E-state index contributed by atoms with van der Waals surface area (Å²) in [6.07, 6.45) is 5.30. The second-order valence-electron chi connectivity index (χ2n) is 6.28. The number of nitrogens with one attached hydrogen (secondary N) is 1. The fourth-order valence-corrected chi connectivity index (χ4v) is 3.37. The molecule has 3 aromatic rings. The van der Waals surface area contributed by atoms with Crippen molar-refractivity contribution in [3.05, 3.63) is 59.7 Å². The number of likely N-dealkylation sites (tertiary alicyclic amines) is 1. The molecule has 0 radical (unpaired) electrons. The summed E-state index contributed by atoms with van der Waals surface area (Å²) in [4.78, 5) is 14.6. The summed E-state index contributed by atoms with van der Waals surface area (Å²) in [7, 11) is 0. The van der Waals surface area contributed by atoms with Gasteiger partial charge in [0.15, 0.2) is 5.69 Å². The molecule has 128 valence electrons. The van der Waals surface area contributed by atoms with Crippen molar-refractivity contribution in [3.8, 4) is 5.69 Å². The first-order valence-electron chi connectivity index (χ1n) is 8.55. The van der Waals surface area contributed by atoms with E-state index in [2.05, 4.69) is 33.5 Å². The molecule has 1 unspecified atom stereocenters. The standard InChI is InChI=1S/C18H20N6O/c1-2-13-5-3-4-6-17(13)24-12-16(21-22-24)18(25)23-10-8-14(11-23)15-7-9-19-20-15/h3-7,9,12,14H,2,8,10-11H2,1H3,(H,19,20). The Labute approximate surface area is 145 Å². The molecule has 0 aliphatic carbocycles. The smallest absolute Gasteiger partial charge is 0.276 e. The molecule has 7 nitrogen and oxygen atoms in total. The van der Waals surface area contributed by atoms with Crippen molar-refractivity contribution >= 4 is 5.91 Å². The van der Waals surface area contributed by atoms with E-state index in [9.17, 15) is 4.79 Å². The van der Waals surface area contributed by atoms with Crippen molar-refractivity contribution in [2.75, 3.05) is 13.1 Å². The summed E-state index contributed by atoms with van der Waals surface area (Å²) in [5.74, 6) is 0.240. The number of aromatic nitrogens is 5. The molecule has 0 spiro atoms.